The molecule has 1 rings (SSSR count). The molecule has 1 heteroatoms. The Bertz CT molecular complexity index is 283. The molecule has 1 aromatic carbocycles. The summed E-state index contributed by atoms with van der Waals surface area (Å²) < 4.78 is 0. The van der Waals surface area contributed by atoms with Gasteiger partial charge in [0, 0.05) is 0 Å². The number of rotatable bonds is 4. The van der Waals surface area contributed by atoms with Crippen molar-refractivity contribution in [3.63, 3.8) is 0 Å². The maximum atomic E-state index is 2.33. The maximum absolute atomic E-state index is 2.33. The number of hydrogen-bond donors (Lipinski definition) is 0. The van der Waals surface area contributed by atoms with Crippen LogP contribution in [-0.4, -0.2) is 12.3 Å². The standard InChI is InChI=1S/C13H19P/c1-4-14(5-2)12(3)11-13-9-7-6-8-10-13/h6-11H,4-5H2,1-3H3/b12-11+. The second-order valence-corrected chi connectivity index (χ2v) is 6.42. The van der Waals surface area contributed by atoms with Crippen molar-refractivity contribution in [3.8, 4) is 0 Å². The third-order valence-corrected chi connectivity index (χ3v) is 5.09. The quantitative estimate of drug-likeness (QED) is 0.633. The van der Waals surface area contributed by atoms with Gasteiger partial charge in [0.1, 0.15) is 0 Å². The molecule has 0 aliphatic rings. The summed E-state index contributed by atoms with van der Waals surface area (Å²) in [5, 5.41) is 1.57. The van der Waals surface area contributed by atoms with Crippen LogP contribution in [0.15, 0.2) is 35.6 Å². The van der Waals surface area contributed by atoms with Crippen LogP contribution < -0.4 is 0 Å². The Balaban J connectivity index is 2.77. The molecule has 76 valence electrons. The van der Waals surface area contributed by atoms with Crippen LogP contribution in [0.2, 0.25) is 0 Å². The van der Waals surface area contributed by atoms with E-state index in [2.05, 4.69) is 57.2 Å². The lowest BCUT2D eigenvalue weighted by atomic mass is 10.2. The second-order valence-electron chi connectivity index (χ2n) is 3.37. The molecule has 0 amide bonds. The Kier molecular flexibility index (Phi) is 4.90. The van der Waals surface area contributed by atoms with Gasteiger partial charge in [-0.05, 0) is 30.1 Å². The van der Waals surface area contributed by atoms with E-state index in [1.54, 1.807) is 5.31 Å². The summed E-state index contributed by atoms with van der Waals surface area (Å²) in [6.07, 6.45) is 4.95. The number of allylic oxidation sites excluding steroid dienone is 1. The Morgan fingerprint density at radius 1 is 1.14 bits per heavy atom. The molecular weight excluding hydrogens is 187 g/mol. The highest BCUT2D eigenvalue weighted by Crippen LogP contribution is 2.44. The van der Waals surface area contributed by atoms with E-state index < -0.39 is 0 Å². The van der Waals surface area contributed by atoms with Crippen molar-refractivity contribution in [2.24, 2.45) is 0 Å². The fraction of sp³-hybridized carbons (Fsp3) is 0.385. The maximum Gasteiger partial charge on any atom is -0.0254 e. The van der Waals surface area contributed by atoms with Crippen LogP contribution in [0, 0.1) is 0 Å². The molecule has 1 aromatic rings. The molecule has 14 heavy (non-hydrogen) atoms. The normalized spacial score (nSPS) is 12.1. The van der Waals surface area contributed by atoms with Gasteiger partial charge in [0.25, 0.3) is 0 Å². The van der Waals surface area contributed by atoms with Gasteiger partial charge in [-0.25, -0.2) is 0 Å². The van der Waals surface area contributed by atoms with E-state index in [1.807, 2.05) is 0 Å². The van der Waals surface area contributed by atoms with E-state index in [9.17, 15) is 0 Å². The van der Waals surface area contributed by atoms with Crippen molar-refractivity contribution in [3.05, 3.63) is 41.2 Å². The van der Waals surface area contributed by atoms with Crippen molar-refractivity contribution in [1.82, 2.24) is 0 Å². The molecule has 0 atom stereocenters. The lowest BCUT2D eigenvalue weighted by Crippen LogP contribution is -1.84. The van der Waals surface area contributed by atoms with E-state index in [0.717, 1.165) is 0 Å². The SMILES string of the molecule is CCP(CC)/C(C)=C/c1ccccc1. The fourth-order valence-electron chi connectivity index (χ4n) is 1.60. The minimum atomic E-state index is 0.120. The lowest BCUT2D eigenvalue weighted by molar-refractivity contribution is 1.40. The van der Waals surface area contributed by atoms with Gasteiger partial charge in [0.05, 0.1) is 0 Å². The average Bonchev–Trinajstić information content (AvgIpc) is 2.21. The molecule has 0 heterocycles. The fourth-order valence-corrected chi connectivity index (χ4v) is 3.38. The zero-order valence-corrected chi connectivity index (χ0v) is 10.2. The van der Waals surface area contributed by atoms with Crippen molar-refractivity contribution in [1.29, 1.82) is 0 Å². The summed E-state index contributed by atoms with van der Waals surface area (Å²) in [6, 6.07) is 10.6. The van der Waals surface area contributed by atoms with Gasteiger partial charge in [-0.2, -0.15) is 0 Å². The van der Waals surface area contributed by atoms with Crippen LogP contribution in [0.4, 0.5) is 0 Å². The van der Waals surface area contributed by atoms with Gasteiger partial charge in [-0.3, -0.25) is 0 Å². The minimum absolute atomic E-state index is 0.120. The molecule has 0 bridgehead atoms. The average molecular weight is 206 g/mol. The van der Waals surface area contributed by atoms with E-state index in [4.69, 9.17) is 0 Å². The zero-order valence-electron chi connectivity index (χ0n) is 9.33. The van der Waals surface area contributed by atoms with Crippen LogP contribution in [0.3, 0.4) is 0 Å². The summed E-state index contributed by atoms with van der Waals surface area (Å²) in [5.41, 5.74) is 1.33. The monoisotopic (exact) mass is 206 g/mol. The molecule has 0 saturated heterocycles. The first-order chi connectivity index (χ1) is 6.77. The van der Waals surface area contributed by atoms with Crippen LogP contribution in [0.5, 0.6) is 0 Å². The van der Waals surface area contributed by atoms with Crippen LogP contribution in [-0.2, 0) is 0 Å². The molecule has 0 nitrogen and oxygen atoms in total. The first-order valence-corrected chi connectivity index (χ1v) is 6.97. The molecule has 0 N–H and O–H groups in total. The van der Waals surface area contributed by atoms with E-state index in [1.165, 1.54) is 17.9 Å². The molecule has 0 fully saturated rings. The van der Waals surface area contributed by atoms with Crippen molar-refractivity contribution in [2.45, 2.75) is 20.8 Å². The summed E-state index contributed by atoms with van der Waals surface area (Å²) in [7, 11) is 0.120. The van der Waals surface area contributed by atoms with Gasteiger partial charge in [-0.1, -0.05) is 58.2 Å². The molecule has 0 aromatic heterocycles. The third kappa shape index (κ3) is 3.27. The molecule has 0 radical (unpaired) electrons. The van der Waals surface area contributed by atoms with Gasteiger partial charge in [0.2, 0.25) is 0 Å². The second kappa shape index (κ2) is 5.98. The van der Waals surface area contributed by atoms with Crippen molar-refractivity contribution in [2.75, 3.05) is 12.3 Å². The van der Waals surface area contributed by atoms with Crippen molar-refractivity contribution >= 4 is 14.0 Å². The topological polar surface area (TPSA) is 0 Å². The molecule has 0 saturated carbocycles. The molecule has 0 spiro atoms. The zero-order chi connectivity index (χ0) is 10.4. The Labute approximate surface area is 88.8 Å². The van der Waals surface area contributed by atoms with Gasteiger partial charge >= 0.3 is 0 Å². The number of benzene rings is 1. The van der Waals surface area contributed by atoms with Crippen LogP contribution in [0.1, 0.15) is 26.3 Å². The Morgan fingerprint density at radius 3 is 2.21 bits per heavy atom. The highest BCUT2D eigenvalue weighted by molar-refractivity contribution is 7.62. The van der Waals surface area contributed by atoms with Gasteiger partial charge in [0.15, 0.2) is 0 Å². The lowest BCUT2D eigenvalue weighted by Gasteiger charge is -2.13. The Morgan fingerprint density at radius 2 is 1.71 bits per heavy atom. The highest BCUT2D eigenvalue weighted by Gasteiger charge is 2.03. The largest absolute Gasteiger partial charge is 0.0806 e. The predicted octanol–water partition coefficient (Wildman–Crippen LogP) is 4.57. The van der Waals surface area contributed by atoms with E-state index in [-0.39, 0.29) is 7.92 Å². The summed E-state index contributed by atoms with van der Waals surface area (Å²) >= 11 is 0. The van der Waals surface area contributed by atoms with Gasteiger partial charge < -0.3 is 0 Å². The first kappa shape index (κ1) is 11.5. The van der Waals surface area contributed by atoms with E-state index >= 15 is 0 Å². The highest BCUT2D eigenvalue weighted by atomic mass is 31.1. The Hall–Kier alpha value is -0.610. The predicted molar refractivity (Wildman–Crippen MR) is 68.1 cm³/mol. The summed E-state index contributed by atoms with van der Waals surface area (Å²) in [4.78, 5) is 0. The van der Waals surface area contributed by atoms with E-state index in [0.29, 0.717) is 0 Å². The third-order valence-electron chi connectivity index (χ3n) is 2.44. The number of hydrogen-bond acceptors (Lipinski definition) is 0. The smallest absolute Gasteiger partial charge is 0.0254 e. The van der Waals surface area contributed by atoms with Gasteiger partial charge in [-0.15, -0.1) is 0 Å². The molecule has 0 aliphatic heterocycles. The minimum Gasteiger partial charge on any atom is -0.0806 e. The molecular formula is C13H19P. The summed E-state index contributed by atoms with van der Waals surface area (Å²) in [5.74, 6) is 0. The van der Waals surface area contributed by atoms with Crippen molar-refractivity contribution < 1.29 is 0 Å². The summed E-state index contributed by atoms with van der Waals surface area (Å²) in [6.45, 7) is 6.85. The van der Waals surface area contributed by atoms with Crippen LogP contribution >= 0.6 is 7.92 Å². The molecule has 0 unspecified atom stereocenters. The first-order valence-electron chi connectivity index (χ1n) is 5.26. The molecule has 0 aliphatic carbocycles. The van der Waals surface area contributed by atoms with Crippen LogP contribution in [0.25, 0.3) is 6.08 Å².